The third-order valence-corrected chi connectivity index (χ3v) is 6.63. The molecule has 4 aromatic rings. The van der Waals surface area contributed by atoms with Crippen molar-refractivity contribution in [3.63, 3.8) is 0 Å². The lowest BCUT2D eigenvalue weighted by atomic mass is 10.0. The number of nitrogens with zero attached hydrogens (tertiary/aromatic N) is 6. The summed E-state index contributed by atoms with van der Waals surface area (Å²) in [6, 6.07) is 18.1. The molecule has 3 heterocycles. The van der Waals surface area contributed by atoms with Crippen LogP contribution in [0.1, 0.15) is 26.8 Å². The van der Waals surface area contributed by atoms with Gasteiger partial charge >= 0.3 is 5.69 Å². The summed E-state index contributed by atoms with van der Waals surface area (Å²) in [5.74, 6) is 1.05. The molecule has 204 valence electrons. The zero-order valence-electron chi connectivity index (χ0n) is 22.4. The number of amides is 1. The molecular weight excluding hydrogens is 510 g/mol. The zero-order valence-corrected chi connectivity index (χ0v) is 22.4. The Hall–Kier alpha value is -4.95. The Kier molecular flexibility index (Phi) is 7.11. The number of hydrogen-bond acceptors (Lipinski definition) is 8. The molecule has 11 heteroatoms. The molecule has 2 aromatic carbocycles. The summed E-state index contributed by atoms with van der Waals surface area (Å²) in [6.07, 6.45) is 2.84. The van der Waals surface area contributed by atoms with E-state index in [9.17, 15) is 14.9 Å². The number of rotatable bonds is 8. The number of aromatic nitrogens is 4. The van der Waals surface area contributed by atoms with Gasteiger partial charge in [-0.05, 0) is 63.2 Å². The van der Waals surface area contributed by atoms with E-state index in [0.29, 0.717) is 35.0 Å². The number of hydrogen-bond donors (Lipinski definition) is 1. The van der Waals surface area contributed by atoms with E-state index >= 15 is 0 Å². The lowest BCUT2D eigenvalue weighted by Gasteiger charge is -2.39. The maximum absolute atomic E-state index is 13.8. The first-order valence-corrected chi connectivity index (χ1v) is 12.9. The molecule has 1 aliphatic rings. The third-order valence-electron chi connectivity index (χ3n) is 6.63. The fraction of sp³-hybridized carbons (Fsp3) is 0.276. The second-order valence-corrected chi connectivity index (χ2v) is 9.90. The van der Waals surface area contributed by atoms with Crippen LogP contribution in [0.4, 0.5) is 5.82 Å². The summed E-state index contributed by atoms with van der Waals surface area (Å²) in [5.41, 5.74) is 6.41. The summed E-state index contributed by atoms with van der Waals surface area (Å²) < 4.78 is 14.5. The lowest BCUT2D eigenvalue weighted by molar-refractivity contribution is -0.132. The number of nitrogen functional groups attached to an aromatic ring is 1. The van der Waals surface area contributed by atoms with Gasteiger partial charge in [0, 0.05) is 19.7 Å². The standard InChI is InChI=1S/C29H29N7O4/c1-4-39-29(2,3)14-19(15-30)27(37)34-16-21(17-34)36-26-24(25(31)32-18-33-26)35(28(36)38)20-10-12-23(13-11-20)40-22-8-6-5-7-9-22/h5-14,18,21H,4,16-17H2,1-3H3,(H2,31,32,33)/b19-14-. The highest BCUT2D eigenvalue weighted by atomic mass is 16.5. The summed E-state index contributed by atoms with van der Waals surface area (Å²) in [7, 11) is 0. The van der Waals surface area contributed by atoms with Gasteiger partial charge in [0.25, 0.3) is 5.91 Å². The number of nitrogens with two attached hydrogens (primary N) is 1. The number of imidazole rings is 1. The van der Waals surface area contributed by atoms with E-state index in [1.54, 1.807) is 38.1 Å². The molecule has 1 amide bonds. The van der Waals surface area contributed by atoms with Crippen LogP contribution in [-0.2, 0) is 9.53 Å². The number of carbonyl (C=O) groups is 1. The monoisotopic (exact) mass is 539 g/mol. The molecule has 2 aromatic heterocycles. The number of ether oxygens (including phenoxy) is 2. The van der Waals surface area contributed by atoms with Crippen molar-refractivity contribution in [1.29, 1.82) is 5.26 Å². The van der Waals surface area contributed by atoms with Gasteiger partial charge in [0.1, 0.15) is 35.0 Å². The Bertz CT molecular complexity index is 1680. The van der Waals surface area contributed by atoms with Crippen molar-refractivity contribution in [3.05, 3.63) is 83.1 Å². The summed E-state index contributed by atoms with van der Waals surface area (Å²) in [6.45, 7) is 6.35. The zero-order chi connectivity index (χ0) is 28.4. The summed E-state index contributed by atoms with van der Waals surface area (Å²) in [4.78, 5) is 36.8. The van der Waals surface area contributed by atoms with E-state index in [-0.39, 0.29) is 36.2 Å². The topological polar surface area (TPSA) is 141 Å². The van der Waals surface area contributed by atoms with Crippen LogP contribution < -0.4 is 16.2 Å². The molecule has 1 aliphatic heterocycles. The van der Waals surface area contributed by atoms with Crippen molar-refractivity contribution in [2.75, 3.05) is 25.4 Å². The van der Waals surface area contributed by atoms with Crippen LogP contribution in [0.5, 0.6) is 11.5 Å². The molecule has 40 heavy (non-hydrogen) atoms. The number of benzene rings is 2. The molecule has 0 radical (unpaired) electrons. The minimum absolute atomic E-state index is 0.00365. The molecule has 0 unspecified atom stereocenters. The van der Waals surface area contributed by atoms with Crippen LogP contribution in [0.2, 0.25) is 0 Å². The van der Waals surface area contributed by atoms with Gasteiger partial charge in [-0.25, -0.2) is 14.8 Å². The number of carbonyl (C=O) groups excluding carboxylic acids is 1. The van der Waals surface area contributed by atoms with Crippen LogP contribution in [-0.4, -0.2) is 55.2 Å². The van der Waals surface area contributed by atoms with E-state index in [1.165, 1.54) is 26.4 Å². The first kappa shape index (κ1) is 26.6. The van der Waals surface area contributed by atoms with Crippen LogP contribution in [0, 0.1) is 11.3 Å². The fourth-order valence-electron chi connectivity index (χ4n) is 4.78. The van der Waals surface area contributed by atoms with Gasteiger partial charge in [-0.15, -0.1) is 0 Å². The molecular formula is C29H29N7O4. The van der Waals surface area contributed by atoms with Gasteiger partial charge < -0.3 is 20.1 Å². The molecule has 0 spiro atoms. The number of nitriles is 1. The number of fused-ring (bicyclic) bond motifs is 1. The normalized spacial score (nSPS) is 14.2. The van der Waals surface area contributed by atoms with E-state index < -0.39 is 11.5 Å². The van der Waals surface area contributed by atoms with E-state index in [1.807, 2.05) is 43.3 Å². The van der Waals surface area contributed by atoms with Gasteiger partial charge in [-0.3, -0.25) is 13.9 Å². The predicted molar refractivity (Wildman–Crippen MR) is 149 cm³/mol. The molecule has 11 nitrogen and oxygen atoms in total. The van der Waals surface area contributed by atoms with Crippen molar-refractivity contribution in [2.45, 2.75) is 32.4 Å². The number of para-hydroxylation sites is 1. The Morgan fingerprint density at radius 2 is 1.80 bits per heavy atom. The Morgan fingerprint density at radius 3 is 2.45 bits per heavy atom. The Labute approximate surface area is 230 Å². The van der Waals surface area contributed by atoms with Crippen LogP contribution in [0.25, 0.3) is 16.9 Å². The summed E-state index contributed by atoms with van der Waals surface area (Å²) in [5, 5.41) is 9.61. The minimum atomic E-state index is -0.764. The molecule has 0 bridgehead atoms. The maximum Gasteiger partial charge on any atom is 0.335 e. The smallest absolute Gasteiger partial charge is 0.335 e. The molecule has 0 aliphatic carbocycles. The highest BCUT2D eigenvalue weighted by Crippen LogP contribution is 2.29. The second-order valence-electron chi connectivity index (χ2n) is 9.90. The van der Waals surface area contributed by atoms with Crippen LogP contribution in [0.3, 0.4) is 0 Å². The second kappa shape index (κ2) is 10.7. The first-order chi connectivity index (χ1) is 19.2. The van der Waals surface area contributed by atoms with Crippen molar-refractivity contribution < 1.29 is 14.3 Å². The molecule has 1 fully saturated rings. The Morgan fingerprint density at radius 1 is 1.12 bits per heavy atom. The third kappa shape index (κ3) is 5.04. The van der Waals surface area contributed by atoms with Crippen LogP contribution in [0.15, 0.2) is 77.4 Å². The first-order valence-electron chi connectivity index (χ1n) is 12.9. The van der Waals surface area contributed by atoms with E-state index in [0.717, 1.165) is 0 Å². The average Bonchev–Trinajstić information content (AvgIpc) is 3.20. The van der Waals surface area contributed by atoms with Gasteiger partial charge in [0.15, 0.2) is 11.5 Å². The largest absolute Gasteiger partial charge is 0.457 e. The lowest BCUT2D eigenvalue weighted by Crippen LogP contribution is -2.53. The maximum atomic E-state index is 13.8. The molecule has 5 rings (SSSR count). The Balaban J connectivity index is 1.43. The molecule has 1 saturated heterocycles. The highest BCUT2D eigenvalue weighted by molar-refractivity contribution is 5.98. The molecule has 2 N–H and O–H groups in total. The quantitative estimate of drug-likeness (QED) is 0.264. The van der Waals surface area contributed by atoms with Crippen molar-refractivity contribution >= 4 is 22.9 Å². The van der Waals surface area contributed by atoms with Gasteiger partial charge in [-0.1, -0.05) is 18.2 Å². The van der Waals surface area contributed by atoms with Crippen molar-refractivity contribution in [3.8, 4) is 23.3 Å². The molecule has 0 atom stereocenters. The fourth-order valence-corrected chi connectivity index (χ4v) is 4.78. The van der Waals surface area contributed by atoms with Gasteiger partial charge in [0.05, 0.1) is 17.3 Å². The van der Waals surface area contributed by atoms with Gasteiger partial charge in [0.2, 0.25) is 0 Å². The highest BCUT2D eigenvalue weighted by Gasteiger charge is 2.37. The van der Waals surface area contributed by atoms with Crippen molar-refractivity contribution in [1.82, 2.24) is 24.0 Å². The number of likely N-dealkylation sites (tertiary alicyclic amines) is 1. The average molecular weight is 540 g/mol. The van der Waals surface area contributed by atoms with E-state index in [4.69, 9.17) is 15.2 Å². The SMILES string of the molecule is CCOC(C)(C)/C=C(/C#N)C(=O)N1CC(n2c(=O)n(-c3ccc(Oc4ccccc4)cc3)c3c(N)ncnc32)C1. The minimum Gasteiger partial charge on any atom is -0.457 e. The number of anilines is 1. The van der Waals surface area contributed by atoms with E-state index in [2.05, 4.69) is 9.97 Å². The predicted octanol–water partition coefficient (Wildman–Crippen LogP) is 3.61. The van der Waals surface area contributed by atoms with Crippen LogP contribution >= 0.6 is 0 Å². The van der Waals surface area contributed by atoms with Gasteiger partial charge in [-0.2, -0.15) is 5.26 Å². The summed E-state index contributed by atoms with van der Waals surface area (Å²) >= 11 is 0. The molecule has 0 saturated carbocycles. The van der Waals surface area contributed by atoms with Crippen molar-refractivity contribution in [2.24, 2.45) is 0 Å².